The first-order chi connectivity index (χ1) is 13.6. The third kappa shape index (κ3) is 5.02. The summed E-state index contributed by atoms with van der Waals surface area (Å²) in [4.78, 5) is 10.6. The summed E-state index contributed by atoms with van der Waals surface area (Å²) in [6.45, 7) is 0. The summed E-state index contributed by atoms with van der Waals surface area (Å²) < 4.78 is 0. The Morgan fingerprint density at radius 3 is 2.11 bits per heavy atom. The average molecular weight is 369 g/mol. The average Bonchev–Trinajstić information content (AvgIpc) is 2.73. The van der Waals surface area contributed by atoms with E-state index in [2.05, 4.69) is 5.32 Å². The van der Waals surface area contributed by atoms with Crippen molar-refractivity contribution in [2.24, 2.45) is 0 Å². The van der Waals surface area contributed by atoms with Crippen LogP contribution in [-0.4, -0.2) is 10.8 Å². The number of para-hydroxylation sites is 1. The molecule has 0 fully saturated rings. The van der Waals surface area contributed by atoms with Gasteiger partial charge in [0.15, 0.2) is 0 Å². The Morgan fingerprint density at radius 2 is 1.43 bits per heavy atom. The van der Waals surface area contributed by atoms with Crippen molar-refractivity contribution in [3.8, 4) is 0 Å². The van der Waals surface area contributed by atoms with Gasteiger partial charge in [-0.15, -0.1) is 0 Å². The van der Waals surface area contributed by atoms with Gasteiger partial charge in [-0.2, -0.15) is 0 Å². The van der Waals surface area contributed by atoms with E-state index in [-0.39, 0.29) is 11.5 Å². The zero-order valence-corrected chi connectivity index (χ0v) is 15.1. The monoisotopic (exact) mass is 369 g/mol. The first-order valence-electron chi connectivity index (χ1n) is 8.72. The van der Waals surface area contributed by atoms with Gasteiger partial charge in [-0.25, -0.2) is 0 Å². The number of benzene rings is 3. The van der Waals surface area contributed by atoms with Crippen molar-refractivity contribution in [1.29, 1.82) is 5.41 Å². The SMILES string of the molecule is N=C(N/C=C/c1ccccc1[N+](=O)[O-])c1ccc(/C=C/c2ccccc2)cc1. The fraction of sp³-hybridized carbons (Fsp3) is 0. The molecule has 0 aliphatic carbocycles. The van der Waals surface area contributed by atoms with Crippen molar-refractivity contribution >= 4 is 29.8 Å². The van der Waals surface area contributed by atoms with Gasteiger partial charge in [0, 0.05) is 17.8 Å². The highest BCUT2D eigenvalue weighted by Crippen LogP contribution is 2.18. The lowest BCUT2D eigenvalue weighted by atomic mass is 10.1. The van der Waals surface area contributed by atoms with Gasteiger partial charge in [0.25, 0.3) is 5.69 Å². The largest absolute Gasteiger partial charge is 0.347 e. The van der Waals surface area contributed by atoms with Gasteiger partial charge >= 0.3 is 0 Å². The van der Waals surface area contributed by atoms with Crippen LogP contribution in [0.1, 0.15) is 22.3 Å². The second-order valence-electron chi connectivity index (χ2n) is 6.03. The zero-order chi connectivity index (χ0) is 19.8. The number of rotatable bonds is 6. The molecule has 0 unspecified atom stereocenters. The van der Waals surface area contributed by atoms with Crippen molar-refractivity contribution in [1.82, 2.24) is 5.32 Å². The Morgan fingerprint density at radius 1 is 0.821 bits per heavy atom. The van der Waals surface area contributed by atoms with E-state index in [1.165, 1.54) is 12.3 Å². The molecule has 28 heavy (non-hydrogen) atoms. The smallest absolute Gasteiger partial charge is 0.276 e. The van der Waals surface area contributed by atoms with Crippen LogP contribution in [0.4, 0.5) is 5.69 Å². The van der Waals surface area contributed by atoms with Crippen LogP contribution in [0, 0.1) is 15.5 Å². The van der Waals surface area contributed by atoms with Crippen molar-refractivity contribution in [2.75, 3.05) is 0 Å². The maximum absolute atomic E-state index is 11.0. The number of nitro benzene ring substituents is 1. The number of amidine groups is 1. The van der Waals surface area contributed by atoms with E-state index in [0.29, 0.717) is 5.56 Å². The molecule has 0 radical (unpaired) electrons. The number of hydrogen-bond acceptors (Lipinski definition) is 3. The lowest BCUT2D eigenvalue weighted by Gasteiger charge is -2.04. The molecule has 3 aromatic rings. The van der Waals surface area contributed by atoms with Crippen LogP contribution in [-0.2, 0) is 0 Å². The van der Waals surface area contributed by atoms with E-state index >= 15 is 0 Å². The Kier molecular flexibility index (Phi) is 6.10. The predicted molar refractivity (Wildman–Crippen MR) is 114 cm³/mol. The molecule has 0 amide bonds. The Bertz CT molecular complexity index is 1020. The zero-order valence-electron chi connectivity index (χ0n) is 15.1. The molecule has 138 valence electrons. The van der Waals surface area contributed by atoms with Gasteiger partial charge in [0.1, 0.15) is 5.84 Å². The van der Waals surface area contributed by atoms with Crippen molar-refractivity contribution < 1.29 is 4.92 Å². The van der Waals surface area contributed by atoms with Gasteiger partial charge in [0.05, 0.1) is 10.5 Å². The fourth-order valence-electron chi connectivity index (χ4n) is 2.61. The highest BCUT2D eigenvalue weighted by atomic mass is 16.6. The highest BCUT2D eigenvalue weighted by molar-refractivity contribution is 5.97. The topological polar surface area (TPSA) is 79.0 Å². The molecular weight excluding hydrogens is 350 g/mol. The molecule has 0 atom stereocenters. The lowest BCUT2D eigenvalue weighted by Crippen LogP contribution is -2.16. The van der Waals surface area contributed by atoms with E-state index in [9.17, 15) is 10.1 Å². The van der Waals surface area contributed by atoms with E-state index < -0.39 is 4.92 Å². The van der Waals surface area contributed by atoms with Crippen molar-refractivity contribution in [3.05, 3.63) is 117 Å². The van der Waals surface area contributed by atoms with Gasteiger partial charge in [0.2, 0.25) is 0 Å². The molecule has 0 aromatic heterocycles. The van der Waals surface area contributed by atoms with E-state index in [4.69, 9.17) is 5.41 Å². The van der Waals surface area contributed by atoms with E-state index in [0.717, 1.165) is 16.7 Å². The molecule has 0 saturated heterocycles. The normalized spacial score (nSPS) is 11.0. The van der Waals surface area contributed by atoms with E-state index in [1.807, 2.05) is 66.7 Å². The van der Waals surface area contributed by atoms with Crippen molar-refractivity contribution in [2.45, 2.75) is 0 Å². The first kappa shape index (κ1) is 18.8. The summed E-state index contributed by atoms with van der Waals surface area (Å²) in [5.74, 6) is 0.216. The number of hydrogen-bond donors (Lipinski definition) is 2. The lowest BCUT2D eigenvalue weighted by molar-refractivity contribution is -0.385. The van der Waals surface area contributed by atoms with Gasteiger partial charge in [-0.05, 0) is 23.3 Å². The summed E-state index contributed by atoms with van der Waals surface area (Å²) in [5, 5.41) is 22.0. The standard InChI is InChI=1S/C23H19N3O2/c24-23(25-17-16-20-8-4-5-9-22(20)26(27)28)21-14-12-19(13-15-21)11-10-18-6-2-1-3-7-18/h1-17H,(H2,24,25)/b11-10+,17-16+. The third-order valence-electron chi connectivity index (χ3n) is 4.09. The maximum atomic E-state index is 11.0. The third-order valence-corrected chi connectivity index (χ3v) is 4.09. The molecule has 0 bridgehead atoms. The summed E-state index contributed by atoms with van der Waals surface area (Å²) in [7, 11) is 0. The Labute approximate surface area is 163 Å². The predicted octanol–water partition coefficient (Wildman–Crippen LogP) is 5.35. The summed E-state index contributed by atoms with van der Waals surface area (Å²) in [5.41, 5.74) is 3.40. The molecule has 0 saturated carbocycles. The fourth-order valence-corrected chi connectivity index (χ4v) is 2.61. The van der Waals surface area contributed by atoms with Crippen LogP contribution in [0.3, 0.4) is 0 Å². The van der Waals surface area contributed by atoms with Crippen molar-refractivity contribution in [3.63, 3.8) is 0 Å². The molecule has 0 spiro atoms. The van der Waals surface area contributed by atoms with Crippen LogP contribution in [0.5, 0.6) is 0 Å². The highest BCUT2D eigenvalue weighted by Gasteiger charge is 2.09. The second kappa shape index (κ2) is 9.09. The Balaban J connectivity index is 1.62. The summed E-state index contributed by atoms with van der Waals surface area (Å²) in [6.07, 6.45) is 7.18. The first-order valence-corrected chi connectivity index (χ1v) is 8.72. The van der Waals surface area contributed by atoms with E-state index in [1.54, 1.807) is 24.3 Å². The van der Waals surface area contributed by atoms with Gasteiger partial charge in [-0.1, -0.05) is 78.9 Å². The minimum Gasteiger partial charge on any atom is -0.347 e. The molecule has 0 aliphatic heterocycles. The van der Waals surface area contributed by atoms with Crippen LogP contribution < -0.4 is 5.32 Å². The van der Waals surface area contributed by atoms with Crippen LogP contribution in [0.15, 0.2) is 85.1 Å². The molecule has 3 aromatic carbocycles. The minimum absolute atomic E-state index is 0.0293. The summed E-state index contributed by atoms with van der Waals surface area (Å²) >= 11 is 0. The quantitative estimate of drug-likeness (QED) is 0.202. The number of nitro groups is 1. The molecule has 5 heteroatoms. The number of nitrogens with zero attached hydrogens (tertiary/aromatic N) is 1. The Hall–Kier alpha value is -3.99. The van der Waals surface area contributed by atoms with Crippen LogP contribution in [0.25, 0.3) is 18.2 Å². The molecule has 3 rings (SSSR count). The molecule has 0 aliphatic rings. The summed E-state index contributed by atoms with van der Waals surface area (Å²) in [6, 6.07) is 24.1. The van der Waals surface area contributed by atoms with Crippen LogP contribution in [0.2, 0.25) is 0 Å². The van der Waals surface area contributed by atoms with Gasteiger partial charge < -0.3 is 5.32 Å². The molecule has 2 N–H and O–H groups in total. The minimum atomic E-state index is -0.424. The second-order valence-corrected chi connectivity index (χ2v) is 6.03. The molecule has 5 nitrogen and oxygen atoms in total. The molecular formula is C23H19N3O2. The molecule has 0 heterocycles. The number of nitrogens with one attached hydrogen (secondary N) is 2. The van der Waals surface area contributed by atoms with Gasteiger partial charge in [-0.3, -0.25) is 15.5 Å². The van der Waals surface area contributed by atoms with Crippen LogP contribution >= 0.6 is 0 Å². The maximum Gasteiger partial charge on any atom is 0.276 e.